The number of benzene rings is 8. The maximum absolute atomic E-state index is 6.73. The van der Waals surface area contributed by atoms with Crippen LogP contribution < -0.4 is 0 Å². The summed E-state index contributed by atoms with van der Waals surface area (Å²) < 4.78 is 6.73. The van der Waals surface area contributed by atoms with Crippen molar-refractivity contribution in [3.63, 3.8) is 0 Å². The smallest absolute Gasteiger partial charge is 0.142 e. The summed E-state index contributed by atoms with van der Waals surface area (Å²) in [5, 5.41) is 10.8. The van der Waals surface area contributed by atoms with Crippen molar-refractivity contribution in [2.24, 2.45) is 0 Å². The van der Waals surface area contributed by atoms with Crippen LogP contribution in [0.5, 0.6) is 0 Å². The third-order valence-corrected chi connectivity index (χ3v) is 8.86. The summed E-state index contributed by atoms with van der Waals surface area (Å²) in [4.78, 5) is 0. The van der Waals surface area contributed by atoms with Gasteiger partial charge in [0.15, 0.2) is 0 Å². The van der Waals surface area contributed by atoms with E-state index in [1.54, 1.807) is 0 Å². The van der Waals surface area contributed by atoms with Crippen LogP contribution in [0.15, 0.2) is 162 Å². The summed E-state index contributed by atoms with van der Waals surface area (Å²) in [5.74, 6) is 0.900. The Hall–Kier alpha value is -5.66. The zero-order valence-electron chi connectivity index (χ0n) is 23.4. The molecule has 0 atom stereocenters. The van der Waals surface area contributed by atoms with E-state index in [-0.39, 0.29) is 0 Å². The van der Waals surface area contributed by atoms with Gasteiger partial charge in [-0.3, -0.25) is 0 Å². The van der Waals surface area contributed by atoms with Crippen molar-refractivity contribution in [3.05, 3.63) is 158 Å². The summed E-state index contributed by atoms with van der Waals surface area (Å²) >= 11 is 0. The first kappa shape index (κ1) is 24.0. The molecule has 0 saturated heterocycles. The van der Waals surface area contributed by atoms with Gasteiger partial charge in [0.05, 0.1) is 0 Å². The fourth-order valence-corrected chi connectivity index (χ4v) is 6.89. The SMILES string of the molecule is c1ccc2c(-c3ccc(-c4c5ccccc5c(-c5cc6ccc7ccccc7c6o5)c5ccccc45)cc3)cccc2c1. The van der Waals surface area contributed by atoms with Crippen LogP contribution in [0, 0.1) is 0 Å². The predicted molar refractivity (Wildman–Crippen MR) is 183 cm³/mol. The second-order valence-electron chi connectivity index (χ2n) is 11.3. The average molecular weight is 547 g/mol. The van der Waals surface area contributed by atoms with Crippen molar-refractivity contribution < 1.29 is 4.42 Å². The quantitative estimate of drug-likeness (QED) is 0.201. The first-order valence-electron chi connectivity index (χ1n) is 14.8. The van der Waals surface area contributed by atoms with Crippen LogP contribution in [0.4, 0.5) is 0 Å². The topological polar surface area (TPSA) is 13.1 Å². The molecule has 0 unspecified atom stereocenters. The van der Waals surface area contributed by atoms with Crippen molar-refractivity contribution >= 4 is 54.1 Å². The van der Waals surface area contributed by atoms with Gasteiger partial charge >= 0.3 is 0 Å². The lowest BCUT2D eigenvalue weighted by atomic mass is 9.87. The molecule has 0 radical (unpaired) electrons. The fraction of sp³-hybridized carbons (Fsp3) is 0. The van der Waals surface area contributed by atoms with Crippen LogP contribution in [-0.2, 0) is 0 Å². The van der Waals surface area contributed by atoms with Crippen LogP contribution in [-0.4, -0.2) is 0 Å². The van der Waals surface area contributed by atoms with E-state index in [2.05, 4.69) is 158 Å². The van der Waals surface area contributed by atoms with Gasteiger partial charge < -0.3 is 4.42 Å². The molecule has 200 valence electrons. The van der Waals surface area contributed by atoms with Gasteiger partial charge in [0, 0.05) is 16.3 Å². The maximum atomic E-state index is 6.73. The van der Waals surface area contributed by atoms with Crippen LogP contribution in [0.3, 0.4) is 0 Å². The van der Waals surface area contributed by atoms with Crippen molar-refractivity contribution in [3.8, 4) is 33.6 Å². The Kier molecular flexibility index (Phi) is 5.27. The minimum absolute atomic E-state index is 0.900. The molecule has 0 bridgehead atoms. The van der Waals surface area contributed by atoms with E-state index in [0.717, 1.165) is 27.7 Å². The number of hydrogen-bond acceptors (Lipinski definition) is 1. The zero-order valence-corrected chi connectivity index (χ0v) is 23.4. The molecule has 1 aromatic heterocycles. The first-order valence-corrected chi connectivity index (χ1v) is 14.8. The molecule has 43 heavy (non-hydrogen) atoms. The van der Waals surface area contributed by atoms with Gasteiger partial charge in [-0.25, -0.2) is 0 Å². The van der Waals surface area contributed by atoms with E-state index in [4.69, 9.17) is 4.42 Å². The molecule has 0 aliphatic rings. The first-order chi connectivity index (χ1) is 21.3. The summed E-state index contributed by atoms with van der Waals surface area (Å²) in [7, 11) is 0. The van der Waals surface area contributed by atoms with Crippen molar-refractivity contribution in [2.45, 2.75) is 0 Å². The van der Waals surface area contributed by atoms with Gasteiger partial charge in [-0.1, -0.05) is 152 Å². The lowest BCUT2D eigenvalue weighted by Gasteiger charge is -2.16. The van der Waals surface area contributed by atoms with Crippen molar-refractivity contribution in [1.29, 1.82) is 0 Å². The van der Waals surface area contributed by atoms with Crippen LogP contribution in [0.1, 0.15) is 0 Å². The Labute approximate surface area is 249 Å². The Bertz CT molecular complexity index is 2430. The van der Waals surface area contributed by atoms with E-state index >= 15 is 0 Å². The third kappa shape index (κ3) is 3.72. The maximum Gasteiger partial charge on any atom is 0.142 e. The molecule has 1 heteroatoms. The number of fused-ring (bicyclic) bond motifs is 6. The molecule has 1 nitrogen and oxygen atoms in total. The molecule has 0 fully saturated rings. The Balaban J connectivity index is 1.27. The minimum Gasteiger partial charge on any atom is -0.455 e. The third-order valence-electron chi connectivity index (χ3n) is 8.86. The molecule has 9 rings (SSSR count). The van der Waals surface area contributed by atoms with Gasteiger partial charge in [0.25, 0.3) is 0 Å². The molecule has 0 aliphatic heterocycles. The Morgan fingerprint density at radius 2 is 0.814 bits per heavy atom. The summed E-state index contributed by atoms with van der Waals surface area (Å²) in [5.41, 5.74) is 7.02. The highest BCUT2D eigenvalue weighted by atomic mass is 16.3. The van der Waals surface area contributed by atoms with E-state index < -0.39 is 0 Å². The summed E-state index contributed by atoms with van der Waals surface area (Å²) in [6.07, 6.45) is 0. The summed E-state index contributed by atoms with van der Waals surface area (Å²) in [6, 6.07) is 56.7. The average Bonchev–Trinajstić information content (AvgIpc) is 3.51. The predicted octanol–water partition coefficient (Wildman–Crippen LogP) is 12.0. The molecular formula is C42H26O. The van der Waals surface area contributed by atoms with Gasteiger partial charge in [-0.2, -0.15) is 0 Å². The lowest BCUT2D eigenvalue weighted by molar-refractivity contribution is 0.636. The van der Waals surface area contributed by atoms with Gasteiger partial charge in [-0.05, 0) is 66.0 Å². The van der Waals surface area contributed by atoms with E-state index in [9.17, 15) is 0 Å². The van der Waals surface area contributed by atoms with Crippen molar-refractivity contribution in [1.82, 2.24) is 0 Å². The molecule has 0 saturated carbocycles. The minimum atomic E-state index is 0.900. The number of hydrogen-bond donors (Lipinski definition) is 0. The van der Waals surface area contributed by atoms with Crippen LogP contribution >= 0.6 is 0 Å². The number of furan rings is 1. The monoisotopic (exact) mass is 546 g/mol. The lowest BCUT2D eigenvalue weighted by Crippen LogP contribution is -1.90. The molecule has 9 aromatic rings. The second kappa shape index (κ2) is 9.44. The van der Waals surface area contributed by atoms with Gasteiger partial charge in [0.1, 0.15) is 11.3 Å². The molecule has 0 aliphatic carbocycles. The van der Waals surface area contributed by atoms with E-state index in [1.165, 1.54) is 60.0 Å². The highest BCUT2D eigenvalue weighted by Gasteiger charge is 2.19. The molecule has 1 heterocycles. The van der Waals surface area contributed by atoms with E-state index in [1.807, 2.05) is 0 Å². The Morgan fingerprint density at radius 1 is 0.326 bits per heavy atom. The molecule has 0 amide bonds. The number of rotatable bonds is 3. The van der Waals surface area contributed by atoms with Crippen molar-refractivity contribution in [2.75, 3.05) is 0 Å². The van der Waals surface area contributed by atoms with Gasteiger partial charge in [0.2, 0.25) is 0 Å². The van der Waals surface area contributed by atoms with Crippen LogP contribution in [0.25, 0.3) is 87.6 Å². The fourth-order valence-electron chi connectivity index (χ4n) is 6.89. The normalized spacial score (nSPS) is 11.7. The molecular weight excluding hydrogens is 520 g/mol. The highest BCUT2D eigenvalue weighted by molar-refractivity contribution is 6.21. The molecule has 0 N–H and O–H groups in total. The largest absolute Gasteiger partial charge is 0.455 e. The molecule has 8 aromatic carbocycles. The zero-order chi connectivity index (χ0) is 28.3. The van der Waals surface area contributed by atoms with Gasteiger partial charge in [-0.15, -0.1) is 0 Å². The molecule has 0 spiro atoms. The van der Waals surface area contributed by atoms with E-state index in [0.29, 0.717) is 0 Å². The second-order valence-corrected chi connectivity index (χ2v) is 11.3. The van der Waals surface area contributed by atoms with Crippen LogP contribution in [0.2, 0.25) is 0 Å². The summed E-state index contributed by atoms with van der Waals surface area (Å²) in [6.45, 7) is 0. The Morgan fingerprint density at radius 3 is 1.49 bits per heavy atom. The standard InChI is InChI=1S/C42H26O/c1-3-13-32-27(10-1)12-9-19-33(32)29-20-23-30(24-21-29)40-35-15-5-7-17-37(35)41(38-18-8-6-16-36(38)40)39-26-31-25-22-28-11-2-4-14-34(28)42(31)43-39/h1-26H. The highest BCUT2D eigenvalue weighted by Crippen LogP contribution is 2.45.